The van der Waals surface area contributed by atoms with Gasteiger partial charge in [0.05, 0.1) is 0 Å². The predicted octanol–water partition coefficient (Wildman–Crippen LogP) is 4.46. The summed E-state index contributed by atoms with van der Waals surface area (Å²) in [6, 6.07) is 8.88. The van der Waals surface area contributed by atoms with E-state index in [1.165, 1.54) is 21.2 Å². The van der Waals surface area contributed by atoms with Gasteiger partial charge in [-0.1, -0.05) is 18.2 Å². The second-order valence-corrected chi connectivity index (χ2v) is 5.87. The Labute approximate surface area is 117 Å². The first-order chi connectivity index (χ1) is 9.26. The Balaban J connectivity index is 1.89. The van der Waals surface area contributed by atoms with Gasteiger partial charge in [-0.25, -0.2) is 0 Å². The van der Waals surface area contributed by atoms with Gasteiger partial charge in [0.1, 0.15) is 0 Å². The Bertz CT molecular complexity index is 608. The molecular formula is C16H18O2S. The van der Waals surface area contributed by atoms with E-state index in [9.17, 15) is 0 Å². The molecule has 0 amide bonds. The Hall–Kier alpha value is -1.16. The Morgan fingerprint density at radius 1 is 1.16 bits per heavy atom. The Morgan fingerprint density at radius 3 is 2.68 bits per heavy atom. The average Bonchev–Trinajstić information content (AvgIpc) is 2.95. The van der Waals surface area contributed by atoms with Gasteiger partial charge in [-0.2, -0.15) is 0 Å². The highest BCUT2D eigenvalue weighted by molar-refractivity contribution is 7.17. The molecule has 0 atom stereocenters. The molecule has 1 aliphatic carbocycles. The molecule has 0 saturated heterocycles. The number of rotatable bonds is 3. The topological polar surface area (TPSA) is 18.5 Å². The molecule has 3 rings (SSSR count). The Kier molecular flexibility index (Phi) is 3.44. The summed E-state index contributed by atoms with van der Waals surface area (Å²) in [7, 11) is 3.44. The van der Waals surface area contributed by atoms with Crippen molar-refractivity contribution in [3.05, 3.63) is 41.3 Å². The molecule has 0 bridgehead atoms. The number of hydrogen-bond donors (Lipinski definition) is 0. The van der Waals surface area contributed by atoms with Gasteiger partial charge in [0.2, 0.25) is 0 Å². The first kappa shape index (κ1) is 12.9. The van der Waals surface area contributed by atoms with E-state index in [0.717, 1.165) is 19.3 Å². The fraction of sp³-hybridized carbons (Fsp3) is 0.375. The largest absolute Gasteiger partial charge is 0.353 e. The highest BCUT2D eigenvalue weighted by Gasteiger charge is 2.31. The van der Waals surface area contributed by atoms with Crippen LogP contribution in [0, 0.1) is 0 Å². The molecule has 100 valence electrons. The van der Waals surface area contributed by atoms with Gasteiger partial charge in [0.25, 0.3) is 0 Å². The van der Waals surface area contributed by atoms with Gasteiger partial charge in [0.15, 0.2) is 5.79 Å². The monoisotopic (exact) mass is 274 g/mol. The third-order valence-electron chi connectivity index (χ3n) is 4.01. The third-order valence-corrected chi connectivity index (χ3v) is 4.89. The second-order valence-electron chi connectivity index (χ2n) is 4.93. The maximum Gasteiger partial charge on any atom is 0.171 e. The molecule has 0 aliphatic heterocycles. The summed E-state index contributed by atoms with van der Waals surface area (Å²) in [5.41, 5.74) is 2.73. The van der Waals surface area contributed by atoms with Crippen molar-refractivity contribution in [1.82, 2.24) is 0 Å². The maximum atomic E-state index is 5.51. The van der Waals surface area contributed by atoms with Crippen LogP contribution >= 0.6 is 11.3 Å². The average molecular weight is 274 g/mol. The van der Waals surface area contributed by atoms with Crippen LogP contribution < -0.4 is 0 Å². The molecule has 0 N–H and O–H groups in total. The number of benzene rings is 1. The van der Waals surface area contributed by atoms with Crippen molar-refractivity contribution < 1.29 is 9.47 Å². The quantitative estimate of drug-likeness (QED) is 0.769. The molecule has 0 saturated carbocycles. The lowest BCUT2D eigenvalue weighted by atomic mass is 9.89. The highest BCUT2D eigenvalue weighted by Crippen LogP contribution is 2.36. The minimum Gasteiger partial charge on any atom is -0.353 e. The van der Waals surface area contributed by atoms with Crippen LogP contribution in [0.5, 0.6) is 0 Å². The van der Waals surface area contributed by atoms with E-state index in [0.29, 0.717) is 0 Å². The first-order valence-corrected chi connectivity index (χ1v) is 7.41. The van der Waals surface area contributed by atoms with E-state index in [2.05, 4.69) is 35.7 Å². The van der Waals surface area contributed by atoms with Crippen LogP contribution in [0.1, 0.15) is 24.8 Å². The van der Waals surface area contributed by atoms with Crippen molar-refractivity contribution in [1.29, 1.82) is 0 Å². The van der Waals surface area contributed by atoms with Gasteiger partial charge in [-0.3, -0.25) is 0 Å². The summed E-state index contributed by atoms with van der Waals surface area (Å²) in [4.78, 5) is 0. The zero-order valence-corrected chi connectivity index (χ0v) is 12.1. The predicted molar refractivity (Wildman–Crippen MR) is 80.4 cm³/mol. The zero-order chi connectivity index (χ0) is 13.3. The molecule has 0 radical (unpaired) electrons. The maximum absolute atomic E-state index is 5.51. The van der Waals surface area contributed by atoms with Crippen LogP contribution in [-0.4, -0.2) is 20.0 Å². The molecule has 1 aliphatic rings. The smallest absolute Gasteiger partial charge is 0.171 e. The number of thiophene rings is 1. The van der Waals surface area contributed by atoms with Gasteiger partial charge < -0.3 is 9.47 Å². The Morgan fingerprint density at radius 2 is 2.00 bits per heavy atom. The van der Waals surface area contributed by atoms with Crippen LogP contribution in [0.15, 0.2) is 35.7 Å². The molecular weight excluding hydrogens is 256 g/mol. The van der Waals surface area contributed by atoms with Crippen LogP contribution in [0.4, 0.5) is 0 Å². The number of methoxy groups -OCH3 is 2. The van der Waals surface area contributed by atoms with Crippen molar-refractivity contribution in [2.75, 3.05) is 14.2 Å². The molecule has 3 heteroatoms. The zero-order valence-electron chi connectivity index (χ0n) is 11.3. The summed E-state index contributed by atoms with van der Waals surface area (Å²) in [6.45, 7) is 0. The molecule has 2 aromatic rings. The van der Waals surface area contributed by atoms with Crippen LogP contribution in [0.2, 0.25) is 0 Å². The molecule has 1 heterocycles. The minimum absolute atomic E-state index is 0.420. The first-order valence-electron chi connectivity index (χ1n) is 6.53. The van der Waals surface area contributed by atoms with Crippen molar-refractivity contribution in [2.45, 2.75) is 25.0 Å². The van der Waals surface area contributed by atoms with E-state index in [1.807, 2.05) is 0 Å². The van der Waals surface area contributed by atoms with Gasteiger partial charge in [-0.05, 0) is 40.5 Å². The number of ether oxygens (including phenoxy) is 2. The van der Waals surface area contributed by atoms with Crippen molar-refractivity contribution in [3.8, 4) is 0 Å². The molecule has 1 aromatic carbocycles. The fourth-order valence-corrected chi connectivity index (χ4v) is 3.51. The van der Waals surface area contributed by atoms with Crippen LogP contribution in [0.3, 0.4) is 0 Å². The molecule has 0 fully saturated rings. The number of allylic oxidation sites excluding steroid dienone is 1. The SMILES string of the molecule is COC1(OC)CC=C(c2ccc3ccsc3c2)CC1. The molecule has 1 aromatic heterocycles. The standard InChI is InChI=1S/C16H18O2S/c1-17-16(18-2)8-5-12(6-9-16)14-4-3-13-7-10-19-15(13)11-14/h3-5,7,10-11H,6,8-9H2,1-2H3. The number of fused-ring (bicyclic) bond motifs is 1. The normalized spacial score (nSPS) is 18.5. The van der Waals surface area contributed by atoms with E-state index in [-0.39, 0.29) is 0 Å². The van der Waals surface area contributed by atoms with Gasteiger partial charge >= 0.3 is 0 Å². The number of hydrogen-bond acceptors (Lipinski definition) is 3. The lowest BCUT2D eigenvalue weighted by molar-refractivity contribution is -0.208. The summed E-state index contributed by atoms with van der Waals surface area (Å²) < 4.78 is 12.4. The van der Waals surface area contributed by atoms with Crippen molar-refractivity contribution in [2.24, 2.45) is 0 Å². The van der Waals surface area contributed by atoms with E-state index < -0.39 is 5.79 Å². The lowest BCUT2D eigenvalue weighted by Crippen LogP contribution is -2.34. The summed E-state index contributed by atoms with van der Waals surface area (Å²) >= 11 is 1.80. The lowest BCUT2D eigenvalue weighted by Gasteiger charge is -2.33. The van der Waals surface area contributed by atoms with E-state index in [1.54, 1.807) is 25.6 Å². The van der Waals surface area contributed by atoms with Crippen molar-refractivity contribution >= 4 is 27.0 Å². The summed E-state index contributed by atoms with van der Waals surface area (Å²) in [6.07, 6.45) is 4.98. The molecule has 0 spiro atoms. The second kappa shape index (κ2) is 5.08. The van der Waals surface area contributed by atoms with Gasteiger partial charge in [-0.15, -0.1) is 11.3 Å². The molecule has 0 unspecified atom stereocenters. The van der Waals surface area contributed by atoms with Crippen molar-refractivity contribution in [3.63, 3.8) is 0 Å². The van der Waals surface area contributed by atoms with Crippen LogP contribution in [0.25, 0.3) is 15.7 Å². The van der Waals surface area contributed by atoms with Gasteiger partial charge in [0, 0.05) is 31.8 Å². The third kappa shape index (κ3) is 2.34. The fourth-order valence-electron chi connectivity index (χ4n) is 2.68. The van der Waals surface area contributed by atoms with E-state index in [4.69, 9.17) is 9.47 Å². The molecule has 19 heavy (non-hydrogen) atoms. The highest BCUT2D eigenvalue weighted by atomic mass is 32.1. The van der Waals surface area contributed by atoms with Crippen LogP contribution in [-0.2, 0) is 9.47 Å². The van der Waals surface area contributed by atoms with E-state index >= 15 is 0 Å². The summed E-state index contributed by atoms with van der Waals surface area (Å²) in [5, 5.41) is 3.47. The minimum atomic E-state index is -0.420. The summed E-state index contributed by atoms with van der Waals surface area (Å²) in [5.74, 6) is -0.420. The molecule has 2 nitrogen and oxygen atoms in total.